The summed E-state index contributed by atoms with van der Waals surface area (Å²) in [5.41, 5.74) is 7.71. The number of benzene rings is 1. The molecular weight excluding hydrogens is 381 g/mol. The van der Waals surface area contributed by atoms with Crippen LogP contribution in [0.4, 0.5) is 10.2 Å². The molecule has 7 nitrogen and oxygen atoms in total. The number of aryl methyl sites for hydroxylation is 1. The summed E-state index contributed by atoms with van der Waals surface area (Å²) < 4.78 is 14.7. The van der Waals surface area contributed by atoms with Gasteiger partial charge in [-0.25, -0.2) is 9.07 Å². The third kappa shape index (κ3) is 6.76. The van der Waals surface area contributed by atoms with E-state index < -0.39 is 0 Å². The minimum atomic E-state index is -0.336. The molecule has 30 heavy (non-hydrogen) atoms. The average molecular weight is 414 g/mol. The predicted molar refractivity (Wildman–Crippen MR) is 119 cm³/mol. The molecule has 8 heteroatoms. The number of halogens is 1. The van der Waals surface area contributed by atoms with Gasteiger partial charge in [-0.05, 0) is 62.8 Å². The van der Waals surface area contributed by atoms with Crippen molar-refractivity contribution in [1.82, 2.24) is 20.4 Å². The van der Waals surface area contributed by atoms with E-state index in [4.69, 9.17) is 5.73 Å². The molecule has 1 aromatic carbocycles. The molecule has 1 aromatic heterocycles. The molecule has 0 fully saturated rings. The molecule has 0 spiro atoms. The van der Waals surface area contributed by atoms with Gasteiger partial charge in [-0.15, -0.1) is 0 Å². The van der Waals surface area contributed by atoms with Gasteiger partial charge < -0.3 is 16.4 Å². The first kappa shape index (κ1) is 23.2. The van der Waals surface area contributed by atoms with E-state index >= 15 is 0 Å². The molecule has 0 radical (unpaired) electrons. The topological polar surface area (TPSA) is 104 Å². The van der Waals surface area contributed by atoms with Crippen LogP contribution < -0.4 is 16.4 Å². The summed E-state index contributed by atoms with van der Waals surface area (Å²) >= 11 is 0. The third-order valence-corrected chi connectivity index (χ3v) is 4.61. The number of nitrogens with one attached hydrogen (secondary N) is 2. The molecule has 1 heterocycles. The van der Waals surface area contributed by atoms with E-state index in [2.05, 4.69) is 40.6 Å². The maximum atomic E-state index is 13.2. The third-order valence-electron chi connectivity index (χ3n) is 4.61. The number of anilines is 1. The van der Waals surface area contributed by atoms with Gasteiger partial charge in [-0.1, -0.05) is 13.8 Å². The number of nitriles is 1. The largest absolute Gasteiger partial charge is 0.382 e. The minimum absolute atomic E-state index is 0.266. The van der Waals surface area contributed by atoms with Gasteiger partial charge in [0.05, 0.1) is 11.4 Å². The van der Waals surface area contributed by atoms with Crippen molar-refractivity contribution in [3.63, 3.8) is 0 Å². The van der Waals surface area contributed by atoms with Gasteiger partial charge in [0.1, 0.15) is 23.3 Å². The summed E-state index contributed by atoms with van der Waals surface area (Å²) in [5, 5.41) is 20.6. The van der Waals surface area contributed by atoms with Crippen molar-refractivity contribution in [2.75, 3.05) is 25.4 Å². The number of nitrogen functional groups attached to an aromatic ring is 1. The van der Waals surface area contributed by atoms with Crippen molar-refractivity contribution in [3.8, 4) is 11.8 Å². The number of rotatable bonds is 10. The lowest BCUT2D eigenvalue weighted by Crippen LogP contribution is -2.38. The number of aromatic nitrogens is 2. The Bertz CT molecular complexity index is 863. The van der Waals surface area contributed by atoms with Crippen molar-refractivity contribution in [1.29, 1.82) is 5.26 Å². The van der Waals surface area contributed by atoms with Crippen LogP contribution in [0.25, 0.3) is 5.69 Å². The molecule has 0 unspecified atom stereocenters. The lowest BCUT2D eigenvalue weighted by molar-refractivity contribution is 0.549. The standard InChI is InChI=1S/C22H32FN7/c1-4-26-22(27-13-5-7-16(2)3)28-14-6-8-20-19(15-24)21(25)30(29-20)18-11-9-17(23)10-12-18/h9-12,16H,4-8,13-14,25H2,1-3H3,(H2,26,27,28). The number of guanidine groups is 1. The van der Waals surface area contributed by atoms with E-state index in [-0.39, 0.29) is 11.6 Å². The van der Waals surface area contributed by atoms with Crippen LogP contribution in [0.1, 0.15) is 51.3 Å². The normalized spacial score (nSPS) is 11.5. The van der Waals surface area contributed by atoms with Crippen molar-refractivity contribution in [2.45, 2.75) is 46.5 Å². The molecular formula is C22H32FN7. The first-order chi connectivity index (χ1) is 14.5. The Kier molecular flexibility index (Phi) is 9.13. The number of hydrogen-bond acceptors (Lipinski definition) is 4. The number of aliphatic imine (C=N–C) groups is 1. The summed E-state index contributed by atoms with van der Waals surface area (Å²) in [6.45, 7) is 8.77. The smallest absolute Gasteiger partial charge is 0.191 e. The van der Waals surface area contributed by atoms with Gasteiger partial charge >= 0.3 is 0 Å². The number of hydrogen-bond donors (Lipinski definition) is 3. The molecule has 0 atom stereocenters. The fourth-order valence-corrected chi connectivity index (χ4v) is 3.05. The molecule has 0 aliphatic carbocycles. The van der Waals surface area contributed by atoms with Gasteiger partial charge in [-0.3, -0.25) is 4.99 Å². The summed E-state index contributed by atoms with van der Waals surface area (Å²) in [7, 11) is 0. The van der Waals surface area contributed by atoms with Crippen LogP contribution in [0.5, 0.6) is 0 Å². The van der Waals surface area contributed by atoms with Crippen molar-refractivity contribution < 1.29 is 4.39 Å². The van der Waals surface area contributed by atoms with Gasteiger partial charge in [0, 0.05) is 19.6 Å². The zero-order chi connectivity index (χ0) is 21.9. The van der Waals surface area contributed by atoms with Gasteiger partial charge in [0.2, 0.25) is 0 Å². The van der Waals surface area contributed by atoms with Crippen LogP contribution in [0, 0.1) is 23.1 Å². The van der Waals surface area contributed by atoms with Crippen LogP contribution >= 0.6 is 0 Å². The second kappa shape index (κ2) is 11.8. The number of nitrogens with two attached hydrogens (primary N) is 1. The molecule has 162 valence electrons. The summed E-state index contributed by atoms with van der Waals surface area (Å²) in [4.78, 5) is 4.60. The first-order valence-electron chi connectivity index (χ1n) is 10.5. The summed E-state index contributed by atoms with van der Waals surface area (Å²) in [6.07, 6.45) is 3.60. The molecule has 4 N–H and O–H groups in total. The average Bonchev–Trinajstić information content (AvgIpc) is 3.04. The van der Waals surface area contributed by atoms with Crippen molar-refractivity contribution >= 4 is 11.8 Å². The zero-order valence-corrected chi connectivity index (χ0v) is 18.1. The van der Waals surface area contributed by atoms with E-state index in [0.717, 1.165) is 31.9 Å². The molecule has 0 amide bonds. The monoisotopic (exact) mass is 413 g/mol. The molecule has 0 aliphatic heterocycles. The van der Waals surface area contributed by atoms with Crippen molar-refractivity contribution in [3.05, 3.63) is 41.3 Å². The van der Waals surface area contributed by atoms with Crippen LogP contribution in [0.3, 0.4) is 0 Å². The highest BCUT2D eigenvalue weighted by Crippen LogP contribution is 2.21. The Morgan fingerprint density at radius 1 is 1.27 bits per heavy atom. The highest BCUT2D eigenvalue weighted by Gasteiger charge is 2.16. The van der Waals surface area contributed by atoms with Gasteiger partial charge in [-0.2, -0.15) is 10.4 Å². The molecule has 0 aliphatic rings. The van der Waals surface area contributed by atoms with Crippen molar-refractivity contribution in [2.24, 2.45) is 10.9 Å². The van der Waals surface area contributed by atoms with E-state index in [1.54, 1.807) is 12.1 Å². The lowest BCUT2D eigenvalue weighted by Gasteiger charge is -2.11. The molecule has 2 aromatic rings. The van der Waals surface area contributed by atoms with Gasteiger partial charge in [0.15, 0.2) is 5.96 Å². The molecule has 0 saturated carbocycles. The zero-order valence-electron chi connectivity index (χ0n) is 18.1. The van der Waals surface area contributed by atoms with Crippen LogP contribution in [-0.4, -0.2) is 35.4 Å². The highest BCUT2D eigenvalue weighted by atomic mass is 19.1. The quantitative estimate of drug-likeness (QED) is 0.315. The summed E-state index contributed by atoms with van der Waals surface area (Å²) in [5.74, 6) is 1.43. The van der Waals surface area contributed by atoms with Crippen LogP contribution in [-0.2, 0) is 6.42 Å². The van der Waals surface area contributed by atoms with E-state index in [1.165, 1.54) is 23.2 Å². The van der Waals surface area contributed by atoms with E-state index in [9.17, 15) is 9.65 Å². The predicted octanol–water partition coefficient (Wildman–Crippen LogP) is 3.39. The first-order valence-corrected chi connectivity index (χ1v) is 10.5. The maximum absolute atomic E-state index is 13.2. The second-order valence-corrected chi connectivity index (χ2v) is 7.53. The SMILES string of the molecule is CCNC(=NCCCc1nn(-c2ccc(F)cc2)c(N)c1C#N)NCCCC(C)C. The van der Waals surface area contributed by atoms with Gasteiger partial charge in [0.25, 0.3) is 0 Å². The number of nitrogens with zero attached hydrogens (tertiary/aromatic N) is 4. The minimum Gasteiger partial charge on any atom is -0.382 e. The van der Waals surface area contributed by atoms with Crippen LogP contribution in [0.2, 0.25) is 0 Å². The molecule has 0 saturated heterocycles. The Morgan fingerprint density at radius 2 is 2.00 bits per heavy atom. The fourth-order valence-electron chi connectivity index (χ4n) is 3.05. The Labute approximate surface area is 178 Å². The fraction of sp³-hybridized carbons (Fsp3) is 0.500. The van der Waals surface area contributed by atoms with E-state index in [1.807, 2.05) is 6.92 Å². The van der Waals surface area contributed by atoms with E-state index in [0.29, 0.717) is 35.8 Å². The second-order valence-electron chi connectivity index (χ2n) is 7.53. The van der Waals surface area contributed by atoms with Crippen LogP contribution in [0.15, 0.2) is 29.3 Å². The molecule has 0 bridgehead atoms. The molecule has 2 rings (SSSR count). The Balaban J connectivity index is 1.97. The Morgan fingerprint density at radius 3 is 2.63 bits per heavy atom. The summed E-state index contributed by atoms with van der Waals surface area (Å²) in [6, 6.07) is 7.99. The Hall–Kier alpha value is -3.08. The lowest BCUT2D eigenvalue weighted by atomic mass is 10.1. The highest BCUT2D eigenvalue weighted by molar-refractivity contribution is 5.79. The maximum Gasteiger partial charge on any atom is 0.191 e.